The maximum absolute atomic E-state index is 13.6. The van der Waals surface area contributed by atoms with Gasteiger partial charge in [0.05, 0.1) is 19.3 Å². The van der Waals surface area contributed by atoms with E-state index in [0.717, 1.165) is 0 Å². The maximum Gasteiger partial charge on any atom is 0.316 e. The van der Waals surface area contributed by atoms with Gasteiger partial charge in [0.15, 0.2) is 12.2 Å². The Bertz CT molecular complexity index is 1280. The maximum atomic E-state index is 13.6. The molecule has 7 atom stereocenters. The zero-order chi connectivity index (χ0) is 36.0. The van der Waals surface area contributed by atoms with E-state index in [4.69, 9.17) is 22.9 Å². The number of hydrogen-bond donors (Lipinski definition) is 15. The lowest BCUT2D eigenvalue weighted by Gasteiger charge is -2.33. The summed E-state index contributed by atoms with van der Waals surface area (Å²) < 4.78 is 0. The number of carbonyl (C=O) groups excluding carboxylic acids is 7. The van der Waals surface area contributed by atoms with Crippen LogP contribution in [0.3, 0.4) is 0 Å². The van der Waals surface area contributed by atoms with Gasteiger partial charge in [0.2, 0.25) is 29.5 Å². The highest BCUT2D eigenvalue weighted by molar-refractivity contribution is 6.02. The Labute approximate surface area is 273 Å². The summed E-state index contributed by atoms with van der Waals surface area (Å²) in [5.74, 6) is -6.65. The SMILES string of the molecule is NCCCC(N)CC(=O)NC1CNC(=O)C(C2C[C@H](O)N=C(N)N2)NC(=O)/C(=C/NC(N)=O)NC(=O)C(CO)NC(=O)C(CO)NC1=O. The van der Waals surface area contributed by atoms with E-state index in [1.54, 1.807) is 0 Å². The molecule has 1 fully saturated rings. The molecule has 6 unspecified atom stereocenters. The zero-order valence-electron chi connectivity index (χ0n) is 25.7. The van der Waals surface area contributed by atoms with Gasteiger partial charge in [-0.2, -0.15) is 0 Å². The van der Waals surface area contributed by atoms with Gasteiger partial charge in [0.25, 0.3) is 5.91 Å². The number of carbonyl (C=O) groups is 7. The van der Waals surface area contributed by atoms with Crippen molar-refractivity contribution in [2.45, 2.75) is 68.2 Å². The summed E-state index contributed by atoms with van der Waals surface area (Å²) in [6.07, 6.45) is -0.339. The van der Waals surface area contributed by atoms with Crippen LogP contribution in [0.1, 0.15) is 25.7 Å². The second-order valence-electron chi connectivity index (χ2n) is 10.7. The van der Waals surface area contributed by atoms with Gasteiger partial charge in [-0.1, -0.05) is 0 Å². The topological polar surface area (TPSA) is 393 Å². The number of hydrogen-bond acceptors (Lipinski definition) is 15. The Hall–Kier alpha value is -5.10. The minimum absolute atomic E-state index is 0.245. The standard InChI is InChI=1S/C25H43N13O10/c26-3-1-2-10(27)4-16(41)32-12-6-30-23(47)18(11-5-17(42)37-24(28)36-11)38-20(44)13(7-31-25(29)48)33-21(45)14(8-39)35-22(46)15(9-40)34-19(12)43/h7,10-12,14-15,17-18,39-40,42H,1-6,8-9,26-27H2,(H,30,47)(H,32,41)(H,33,45)(H,34,43)(H,35,46)(H,38,44)(H3,28,36,37)(H3,29,31,48)/b13-7-/t10?,11?,12?,14?,15?,17-,18?/m0/s1. The molecule has 23 nitrogen and oxygen atoms in total. The summed E-state index contributed by atoms with van der Waals surface area (Å²) in [5, 5.41) is 47.9. The lowest BCUT2D eigenvalue weighted by molar-refractivity contribution is -0.135. The molecule has 2 heterocycles. The van der Waals surface area contributed by atoms with E-state index in [9.17, 15) is 48.9 Å². The number of aliphatic hydroxyl groups excluding tert-OH is 3. The van der Waals surface area contributed by atoms with E-state index in [1.807, 2.05) is 5.32 Å². The van der Waals surface area contributed by atoms with Gasteiger partial charge in [0, 0.05) is 31.6 Å². The number of rotatable bonds is 10. The smallest absolute Gasteiger partial charge is 0.316 e. The molecule has 0 aromatic rings. The number of amides is 8. The predicted molar refractivity (Wildman–Crippen MR) is 164 cm³/mol. The van der Waals surface area contributed by atoms with Gasteiger partial charge in [-0.05, 0) is 19.4 Å². The molecule has 268 valence electrons. The van der Waals surface area contributed by atoms with Crippen molar-refractivity contribution in [2.24, 2.45) is 27.9 Å². The highest BCUT2D eigenvalue weighted by Gasteiger charge is 2.37. The molecule has 23 heteroatoms. The second-order valence-corrected chi connectivity index (χ2v) is 10.7. The third-order valence-corrected chi connectivity index (χ3v) is 6.91. The Balaban J connectivity index is 2.54. The van der Waals surface area contributed by atoms with Gasteiger partial charge in [-0.25, -0.2) is 9.79 Å². The number of nitrogens with zero attached hydrogens (tertiary/aromatic N) is 1. The highest BCUT2D eigenvalue weighted by Crippen LogP contribution is 2.11. The molecule has 2 rings (SSSR count). The molecule has 2 aliphatic heterocycles. The average molecular weight is 686 g/mol. The van der Waals surface area contributed by atoms with E-state index in [0.29, 0.717) is 25.6 Å². The number of primary amides is 1. The van der Waals surface area contributed by atoms with Gasteiger partial charge in [0.1, 0.15) is 29.9 Å². The van der Waals surface area contributed by atoms with E-state index in [1.165, 1.54) is 0 Å². The molecule has 0 saturated carbocycles. The van der Waals surface area contributed by atoms with Crippen molar-refractivity contribution in [2.75, 3.05) is 26.3 Å². The Morgan fingerprint density at radius 1 is 0.979 bits per heavy atom. The minimum atomic E-state index is -1.78. The van der Waals surface area contributed by atoms with Crippen molar-refractivity contribution in [3.63, 3.8) is 0 Å². The quantitative estimate of drug-likeness (QED) is 0.0950. The van der Waals surface area contributed by atoms with Crippen LogP contribution in [0.15, 0.2) is 16.9 Å². The number of aliphatic hydroxyl groups is 3. The van der Waals surface area contributed by atoms with Crippen LogP contribution < -0.4 is 65.5 Å². The van der Waals surface area contributed by atoms with E-state index in [2.05, 4.69) is 42.2 Å². The van der Waals surface area contributed by atoms with Crippen molar-refractivity contribution < 1.29 is 48.9 Å². The predicted octanol–water partition coefficient (Wildman–Crippen LogP) is -8.88. The van der Waals surface area contributed by atoms with E-state index >= 15 is 0 Å². The molecule has 8 amide bonds. The molecule has 2 aliphatic rings. The molecule has 48 heavy (non-hydrogen) atoms. The van der Waals surface area contributed by atoms with Crippen LogP contribution in [0.4, 0.5) is 4.79 Å². The number of aliphatic imine (C=N–C) groups is 1. The molecular weight excluding hydrogens is 642 g/mol. The largest absolute Gasteiger partial charge is 0.394 e. The molecule has 0 bridgehead atoms. The molecule has 0 radical (unpaired) electrons. The van der Waals surface area contributed by atoms with Crippen LogP contribution >= 0.6 is 0 Å². The fourth-order valence-electron chi connectivity index (χ4n) is 4.46. The fraction of sp³-hybridized carbons (Fsp3) is 0.600. The molecular formula is C25H43N13O10. The summed E-state index contributed by atoms with van der Waals surface area (Å²) in [7, 11) is 0. The number of nitrogens with two attached hydrogens (primary N) is 4. The van der Waals surface area contributed by atoms with Crippen molar-refractivity contribution in [3.8, 4) is 0 Å². The normalized spacial score (nSPS) is 27.6. The van der Waals surface area contributed by atoms with Crippen LogP contribution in [0, 0.1) is 0 Å². The first kappa shape index (κ1) is 39.1. The third kappa shape index (κ3) is 12.3. The van der Waals surface area contributed by atoms with Crippen molar-refractivity contribution in [1.29, 1.82) is 0 Å². The van der Waals surface area contributed by atoms with Crippen LogP contribution in [0.25, 0.3) is 0 Å². The zero-order valence-corrected chi connectivity index (χ0v) is 25.7. The molecule has 0 aromatic carbocycles. The van der Waals surface area contributed by atoms with Gasteiger partial charge in [-0.3, -0.25) is 28.8 Å². The van der Waals surface area contributed by atoms with Crippen LogP contribution in [-0.4, -0.2) is 132 Å². The van der Waals surface area contributed by atoms with Gasteiger partial charge < -0.3 is 80.8 Å². The highest BCUT2D eigenvalue weighted by atomic mass is 16.3. The first-order chi connectivity index (χ1) is 22.7. The second kappa shape index (κ2) is 18.9. The lowest BCUT2D eigenvalue weighted by Crippen LogP contribution is -2.64. The summed E-state index contributed by atoms with van der Waals surface area (Å²) in [6, 6.07) is -9.66. The summed E-state index contributed by atoms with van der Waals surface area (Å²) in [6.45, 7) is -2.36. The fourth-order valence-corrected chi connectivity index (χ4v) is 4.46. The Kier molecular flexibility index (Phi) is 15.4. The molecule has 19 N–H and O–H groups in total. The Morgan fingerprint density at radius 3 is 2.23 bits per heavy atom. The third-order valence-electron chi connectivity index (χ3n) is 6.91. The van der Waals surface area contributed by atoms with Crippen LogP contribution in [0.2, 0.25) is 0 Å². The first-order valence-corrected chi connectivity index (χ1v) is 14.7. The van der Waals surface area contributed by atoms with E-state index in [-0.39, 0.29) is 18.8 Å². The van der Waals surface area contributed by atoms with Crippen LogP contribution in [0.5, 0.6) is 0 Å². The summed E-state index contributed by atoms with van der Waals surface area (Å²) >= 11 is 0. The number of guanidine groups is 1. The van der Waals surface area contributed by atoms with Crippen LogP contribution in [-0.2, 0) is 28.8 Å². The molecule has 0 aliphatic carbocycles. The van der Waals surface area contributed by atoms with Crippen molar-refractivity contribution >= 4 is 47.4 Å². The van der Waals surface area contributed by atoms with Crippen molar-refractivity contribution in [3.05, 3.63) is 11.9 Å². The van der Waals surface area contributed by atoms with Gasteiger partial charge in [-0.15, -0.1) is 0 Å². The average Bonchev–Trinajstić information content (AvgIpc) is 3.02. The Morgan fingerprint density at radius 2 is 1.62 bits per heavy atom. The summed E-state index contributed by atoms with van der Waals surface area (Å²) in [4.78, 5) is 94.0. The summed E-state index contributed by atoms with van der Waals surface area (Å²) in [5.41, 5.74) is 21.5. The monoisotopic (exact) mass is 685 g/mol. The first-order valence-electron chi connectivity index (χ1n) is 14.7. The lowest BCUT2D eigenvalue weighted by atomic mass is 10.0. The minimum Gasteiger partial charge on any atom is -0.394 e. The molecule has 1 saturated heterocycles. The van der Waals surface area contributed by atoms with E-state index < -0.39 is 109 Å². The van der Waals surface area contributed by atoms with Gasteiger partial charge >= 0.3 is 6.03 Å². The number of urea groups is 1. The van der Waals surface area contributed by atoms with Crippen molar-refractivity contribution in [1.82, 2.24) is 42.5 Å². The molecule has 0 aromatic heterocycles. The number of nitrogens with one attached hydrogen (secondary N) is 8. The molecule has 0 spiro atoms.